The van der Waals surface area contributed by atoms with Gasteiger partial charge in [-0.3, -0.25) is 4.79 Å². The van der Waals surface area contributed by atoms with Gasteiger partial charge in [-0.05, 0) is 0 Å². The third kappa shape index (κ3) is 0.841. The Morgan fingerprint density at radius 2 is 2.40 bits per heavy atom. The number of hydrogen-bond donors (Lipinski definition) is 2. The minimum atomic E-state index is -0.729. The van der Waals surface area contributed by atoms with E-state index in [1.54, 1.807) is 0 Å². The van der Waals surface area contributed by atoms with Crippen LogP contribution in [0.1, 0.15) is 0 Å². The van der Waals surface area contributed by atoms with Gasteiger partial charge >= 0.3 is 5.97 Å². The molecule has 0 aromatic carbocycles. The number of nitrogens with one attached hydrogen (secondary N) is 1. The van der Waals surface area contributed by atoms with Crippen LogP contribution in [0.15, 0.2) is 0 Å². The molecule has 3 N–H and O–H groups in total. The summed E-state index contributed by atoms with van der Waals surface area (Å²) in [4.78, 5) is 21.1. The van der Waals surface area contributed by atoms with E-state index in [-0.39, 0.29) is 5.91 Å². The highest BCUT2D eigenvalue weighted by atomic mass is 16.5. The van der Waals surface area contributed by atoms with Gasteiger partial charge in [0.1, 0.15) is 6.04 Å². The van der Waals surface area contributed by atoms with Gasteiger partial charge in [0.15, 0.2) is 6.04 Å². The molecule has 0 saturated carbocycles. The minimum Gasteiger partial charge on any atom is -0.467 e. The second-order valence-electron chi connectivity index (χ2n) is 2.04. The van der Waals surface area contributed by atoms with Gasteiger partial charge in [-0.25, -0.2) is 4.79 Å². The first kappa shape index (κ1) is 7.01. The lowest BCUT2D eigenvalue weighted by Gasteiger charge is -2.30. The first-order chi connectivity index (χ1) is 4.66. The zero-order valence-corrected chi connectivity index (χ0v) is 5.46. The average Bonchev–Trinajstić information content (AvgIpc) is 1.98. The molecule has 0 radical (unpaired) electrons. The van der Waals surface area contributed by atoms with Gasteiger partial charge < -0.3 is 15.8 Å². The molecule has 10 heavy (non-hydrogen) atoms. The monoisotopic (exact) mass is 144 g/mol. The Morgan fingerprint density at radius 3 is 2.70 bits per heavy atom. The summed E-state index contributed by atoms with van der Waals surface area (Å²) < 4.78 is 4.34. The van der Waals surface area contributed by atoms with Crippen LogP contribution in [0.5, 0.6) is 0 Å². The molecule has 0 bridgehead atoms. The summed E-state index contributed by atoms with van der Waals surface area (Å²) in [5.41, 5.74) is 5.23. The maximum absolute atomic E-state index is 10.6. The van der Waals surface area contributed by atoms with Crippen LogP contribution in [-0.2, 0) is 14.3 Å². The Bertz CT molecular complexity index is 180. The fourth-order valence-electron chi connectivity index (χ4n) is 0.727. The molecule has 2 unspecified atom stereocenters. The van der Waals surface area contributed by atoms with Crippen molar-refractivity contribution < 1.29 is 14.3 Å². The molecule has 5 nitrogen and oxygen atoms in total. The third-order valence-corrected chi connectivity index (χ3v) is 1.41. The molecule has 1 rings (SSSR count). The van der Waals surface area contributed by atoms with E-state index in [4.69, 9.17) is 5.73 Å². The fourth-order valence-corrected chi connectivity index (χ4v) is 0.727. The standard InChI is InChI=1S/C5H8N2O3/c1-10-5(9)3-2(6)4(8)7-3/h2-3H,6H2,1H3,(H,7,8). The molecule has 1 heterocycles. The maximum Gasteiger partial charge on any atom is 0.330 e. The number of rotatable bonds is 1. The van der Waals surface area contributed by atoms with Crippen LogP contribution in [0.2, 0.25) is 0 Å². The van der Waals surface area contributed by atoms with E-state index < -0.39 is 18.1 Å². The smallest absolute Gasteiger partial charge is 0.330 e. The van der Waals surface area contributed by atoms with Crippen molar-refractivity contribution >= 4 is 11.9 Å². The number of esters is 1. The van der Waals surface area contributed by atoms with Crippen LogP contribution in [0, 0.1) is 0 Å². The Morgan fingerprint density at radius 1 is 1.80 bits per heavy atom. The second-order valence-corrected chi connectivity index (χ2v) is 2.04. The topological polar surface area (TPSA) is 81.4 Å². The van der Waals surface area contributed by atoms with E-state index in [2.05, 4.69) is 10.1 Å². The molecule has 0 spiro atoms. The molecule has 56 valence electrons. The molecule has 1 aliphatic rings. The van der Waals surface area contributed by atoms with E-state index in [0.717, 1.165) is 0 Å². The van der Waals surface area contributed by atoms with Gasteiger partial charge in [-0.15, -0.1) is 0 Å². The van der Waals surface area contributed by atoms with Crippen LogP contribution in [0.25, 0.3) is 0 Å². The quantitative estimate of drug-likeness (QED) is 0.329. The lowest BCUT2D eigenvalue weighted by Crippen LogP contribution is -2.69. The van der Waals surface area contributed by atoms with Crippen molar-refractivity contribution in [2.45, 2.75) is 12.1 Å². The molecule has 0 aromatic rings. The average molecular weight is 144 g/mol. The summed E-state index contributed by atoms with van der Waals surface area (Å²) in [7, 11) is 1.25. The number of methoxy groups -OCH3 is 1. The Balaban J connectivity index is 2.47. The van der Waals surface area contributed by atoms with E-state index in [9.17, 15) is 9.59 Å². The van der Waals surface area contributed by atoms with Crippen molar-refractivity contribution in [1.29, 1.82) is 0 Å². The van der Waals surface area contributed by atoms with Gasteiger partial charge in [0.25, 0.3) is 0 Å². The summed E-state index contributed by atoms with van der Waals surface area (Å²) >= 11 is 0. The van der Waals surface area contributed by atoms with Crippen LogP contribution >= 0.6 is 0 Å². The summed E-state index contributed by atoms with van der Waals surface area (Å²) in [6.07, 6.45) is 0. The number of amides is 1. The minimum absolute atomic E-state index is 0.310. The number of nitrogens with two attached hydrogens (primary N) is 1. The molecular weight excluding hydrogens is 136 g/mol. The van der Waals surface area contributed by atoms with E-state index in [1.165, 1.54) is 7.11 Å². The second kappa shape index (κ2) is 2.26. The fraction of sp³-hybridized carbons (Fsp3) is 0.600. The molecule has 0 aromatic heterocycles. The lowest BCUT2D eigenvalue weighted by atomic mass is 10.0. The number of carbonyl (C=O) groups excluding carboxylic acids is 2. The van der Waals surface area contributed by atoms with Crippen molar-refractivity contribution in [2.75, 3.05) is 7.11 Å². The molecule has 1 amide bonds. The van der Waals surface area contributed by atoms with Gasteiger partial charge in [0.05, 0.1) is 7.11 Å². The Kier molecular flexibility index (Phi) is 1.58. The SMILES string of the molecule is COC(=O)C1NC(=O)C1N. The maximum atomic E-state index is 10.6. The number of carbonyl (C=O) groups is 2. The molecule has 5 heteroatoms. The van der Waals surface area contributed by atoms with Crippen molar-refractivity contribution in [3.8, 4) is 0 Å². The lowest BCUT2D eigenvalue weighted by molar-refractivity contribution is -0.152. The number of ether oxygens (including phenoxy) is 1. The summed E-state index contributed by atoms with van der Waals surface area (Å²) in [6.45, 7) is 0. The predicted octanol–water partition coefficient (Wildman–Crippen LogP) is -2.01. The van der Waals surface area contributed by atoms with Crippen molar-refractivity contribution in [3.05, 3.63) is 0 Å². The van der Waals surface area contributed by atoms with Crippen LogP contribution in [-0.4, -0.2) is 31.1 Å². The van der Waals surface area contributed by atoms with Gasteiger partial charge in [-0.2, -0.15) is 0 Å². The van der Waals surface area contributed by atoms with Crippen molar-refractivity contribution in [1.82, 2.24) is 5.32 Å². The van der Waals surface area contributed by atoms with E-state index >= 15 is 0 Å². The Hall–Kier alpha value is -1.10. The normalized spacial score (nSPS) is 30.4. The van der Waals surface area contributed by atoms with Gasteiger partial charge in [0.2, 0.25) is 5.91 Å². The first-order valence-electron chi connectivity index (χ1n) is 2.80. The number of hydrogen-bond acceptors (Lipinski definition) is 4. The summed E-state index contributed by atoms with van der Waals surface area (Å²) in [6, 6.07) is -1.37. The summed E-state index contributed by atoms with van der Waals surface area (Å²) in [5, 5.41) is 2.30. The molecule has 1 fully saturated rings. The third-order valence-electron chi connectivity index (χ3n) is 1.41. The largest absolute Gasteiger partial charge is 0.467 e. The Labute approximate surface area is 57.5 Å². The van der Waals surface area contributed by atoms with Gasteiger partial charge in [0, 0.05) is 0 Å². The highest BCUT2D eigenvalue weighted by Gasteiger charge is 2.42. The first-order valence-corrected chi connectivity index (χ1v) is 2.80. The predicted molar refractivity (Wildman–Crippen MR) is 31.9 cm³/mol. The zero-order chi connectivity index (χ0) is 7.72. The van der Waals surface area contributed by atoms with Crippen LogP contribution < -0.4 is 11.1 Å². The van der Waals surface area contributed by atoms with Crippen LogP contribution in [0.3, 0.4) is 0 Å². The highest BCUT2D eigenvalue weighted by Crippen LogP contribution is 2.03. The molecular formula is C5H8N2O3. The molecule has 2 atom stereocenters. The molecule has 1 saturated heterocycles. The van der Waals surface area contributed by atoms with E-state index in [1.807, 2.05) is 0 Å². The van der Waals surface area contributed by atoms with Gasteiger partial charge in [-0.1, -0.05) is 0 Å². The van der Waals surface area contributed by atoms with Crippen molar-refractivity contribution in [3.63, 3.8) is 0 Å². The molecule has 0 aliphatic carbocycles. The highest BCUT2D eigenvalue weighted by molar-refractivity contribution is 5.99. The zero-order valence-electron chi connectivity index (χ0n) is 5.46. The summed E-state index contributed by atoms with van der Waals surface area (Å²) in [5.74, 6) is -0.803. The van der Waals surface area contributed by atoms with Crippen molar-refractivity contribution in [2.24, 2.45) is 5.73 Å². The number of β-lactam (4-membered cyclic amide) rings is 1. The molecule has 1 aliphatic heterocycles. The van der Waals surface area contributed by atoms with E-state index in [0.29, 0.717) is 0 Å². The van der Waals surface area contributed by atoms with Crippen LogP contribution in [0.4, 0.5) is 0 Å².